The van der Waals surface area contributed by atoms with Gasteiger partial charge in [-0.05, 0) is 49.9 Å². The van der Waals surface area contributed by atoms with Crippen molar-refractivity contribution in [1.82, 2.24) is 10.2 Å². The van der Waals surface area contributed by atoms with Crippen LogP contribution in [0.4, 0.5) is 0 Å². The van der Waals surface area contributed by atoms with Crippen molar-refractivity contribution in [2.24, 2.45) is 5.92 Å². The summed E-state index contributed by atoms with van der Waals surface area (Å²) in [6.45, 7) is 10.7. The first-order valence-electron chi connectivity index (χ1n) is 7.77. The molecular formula is C17H28N2. The van der Waals surface area contributed by atoms with Gasteiger partial charge in [-0.3, -0.25) is 0 Å². The minimum Gasteiger partial charge on any atom is -0.316 e. The fourth-order valence-electron chi connectivity index (χ4n) is 3.00. The number of rotatable bonds is 7. The van der Waals surface area contributed by atoms with E-state index in [0.29, 0.717) is 5.92 Å². The van der Waals surface area contributed by atoms with Crippen molar-refractivity contribution in [3.8, 4) is 0 Å². The van der Waals surface area contributed by atoms with Crippen LogP contribution in [-0.2, 0) is 0 Å². The summed E-state index contributed by atoms with van der Waals surface area (Å²) in [6.07, 6.45) is 2.65. The third kappa shape index (κ3) is 4.63. The highest BCUT2D eigenvalue weighted by atomic mass is 15.1. The molecule has 0 amide bonds. The van der Waals surface area contributed by atoms with Crippen molar-refractivity contribution in [3.63, 3.8) is 0 Å². The molecule has 2 nitrogen and oxygen atoms in total. The molecule has 1 saturated heterocycles. The van der Waals surface area contributed by atoms with Crippen LogP contribution in [-0.4, -0.2) is 37.6 Å². The number of nitrogens with one attached hydrogen (secondary N) is 1. The van der Waals surface area contributed by atoms with Crippen molar-refractivity contribution >= 4 is 0 Å². The summed E-state index contributed by atoms with van der Waals surface area (Å²) >= 11 is 0. The Kier molecular flexibility index (Phi) is 5.87. The van der Waals surface area contributed by atoms with Gasteiger partial charge in [0.2, 0.25) is 0 Å². The summed E-state index contributed by atoms with van der Waals surface area (Å²) in [5.41, 5.74) is 1.44. The Morgan fingerprint density at radius 2 is 2.11 bits per heavy atom. The van der Waals surface area contributed by atoms with Crippen molar-refractivity contribution in [2.75, 3.05) is 32.7 Å². The molecule has 0 saturated carbocycles. The molecule has 0 bridgehead atoms. The van der Waals surface area contributed by atoms with Gasteiger partial charge in [0, 0.05) is 13.1 Å². The number of hydrogen-bond donors (Lipinski definition) is 1. The number of nitrogens with zero attached hydrogens (tertiary/aromatic N) is 1. The maximum Gasteiger partial charge on any atom is 0.00223 e. The van der Waals surface area contributed by atoms with E-state index in [1.807, 2.05) is 0 Å². The van der Waals surface area contributed by atoms with Gasteiger partial charge in [0.05, 0.1) is 0 Å². The molecule has 106 valence electrons. The zero-order valence-electron chi connectivity index (χ0n) is 12.4. The van der Waals surface area contributed by atoms with Crippen LogP contribution < -0.4 is 5.32 Å². The van der Waals surface area contributed by atoms with E-state index in [0.717, 1.165) is 12.5 Å². The van der Waals surface area contributed by atoms with Gasteiger partial charge in [-0.15, -0.1) is 0 Å². The average Bonchev–Trinajstić information content (AvgIpc) is 2.88. The lowest BCUT2D eigenvalue weighted by atomic mass is 10.0. The minimum atomic E-state index is 0.606. The van der Waals surface area contributed by atoms with Crippen molar-refractivity contribution < 1.29 is 0 Å². The summed E-state index contributed by atoms with van der Waals surface area (Å²) in [4.78, 5) is 2.60. The van der Waals surface area contributed by atoms with Gasteiger partial charge in [-0.1, -0.05) is 44.2 Å². The Bertz CT molecular complexity index is 350. The molecule has 2 rings (SSSR count). The van der Waals surface area contributed by atoms with E-state index < -0.39 is 0 Å². The van der Waals surface area contributed by atoms with E-state index in [9.17, 15) is 0 Å². The maximum atomic E-state index is 3.66. The van der Waals surface area contributed by atoms with Gasteiger partial charge >= 0.3 is 0 Å². The predicted octanol–water partition coefficient (Wildman–Crippen LogP) is 3.11. The Morgan fingerprint density at radius 3 is 2.84 bits per heavy atom. The van der Waals surface area contributed by atoms with Gasteiger partial charge < -0.3 is 10.2 Å². The quantitative estimate of drug-likeness (QED) is 0.810. The second-order valence-electron chi connectivity index (χ2n) is 5.93. The molecule has 1 aliphatic heterocycles. The molecule has 1 fully saturated rings. The van der Waals surface area contributed by atoms with Gasteiger partial charge in [-0.2, -0.15) is 0 Å². The molecule has 1 aromatic carbocycles. The van der Waals surface area contributed by atoms with Gasteiger partial charge in [0.15, 0.2) is 0 Å². The molecule has 2 unspecified atom stereocenters. The first-order valence-corrected chi connectivity index (χ1v) is 7.77. The second-order valence-corrected chi connectivity index (χ2v) is 5.93. The Morgan fingerprint density at radius 1 is 1.32 bits per heavy atom. The summed E-state index contributed by atoms with van der Waals surface area (Å²) in [5.74, 6) is 1.46. The van der Waals surface area contributed by atoms with E-state index in [2.05, 4.69) is 54.4 Å². The van der Waals surface area contributed by atoms with E-state index in [1.165, 1.54) is 44.6 Å². The number of hydrogen-bond acceptors (Lipinski definition) is 2. The predicted molar refractivity (Wildman–Crippen MR) is 82.6 cm³/mol. The monoisotopic (exact) mass is 260 g/mol. The van der Waals surface area contributed by atoms with Crippen LogP contribution in [0.15, 0.2) is 30.3 Å². The van der Waals surface area contributed by atoms with Crippen molar-refractivity contribution in [1.29, 1.82) is 0 Å². The molecule has 1 N–H and O–H groups in total. The van der Waals surface area contributed by atoms with Gasteiger partial charge in [0.25, 0.3) is 0 Å². The largest absolute Gasteiger partial charge is 0.316 e. The highest BCUT2D eigenvalue weighted by Crippen LogP contribution is 2.16. The summed E-state index contributed by atoms with van der Waals surface area (Å²) in [5, 5.41) is 3.66. The van der Waals surface area contributed by atoms with Gasteiger partial charge in [0.1, 0.15) is 0 Å². The van der Waals surface area contributed by atoms with E-state index in [-0.39, 0.29) is 0 Å². The third-order valence-corrected chi connectivity index (χ3v) is 4.16. The first kappa shape index (κ1) is 14.5. The molecule has 2 atom stereocenters. The normalized spacial score (nSPS) is 21.7. The molecule has 2 heteroatoms. The first-order chi connectivity index (χ1) is 9.29. The zero-order chi connectivity index (χ0) is 13.5. The molecule has 1 heterocycles. The SMILES string of the molecule is CCCN1CCC(CNCC(C)c2ccccc2)C1. The van der Waals surface area contributed by atoms with E-state index in [4.69, 9.17) is 0 Å². The van der Waals surface area contributed by atoms with Crippen LogP contribution in [0.2, 0.25) is 0 Å². The van der Waals surface area contributed by atoms with Gasteiger partial charge in [-0.25, -0.2) is 0 Å². The Labute approximate surface area is 118 Å². The number of benzene rings is 1. The lowest BCUT2D eigenvalue weighted by molar-refractivity contribution is 0.322. The van der Waals surface area contributed by atoms with Crippen molar-refractivity contribution in [3.05, 3.63) is 35.9 Å². The lowest BCUT2D eigenvalue weighted by Gasteiger charge is -2.17. The van der Waals surface area contributed by atoms with Crippen LogP contribution in [0.5, 0.6) is 0 Å². The second kappa shape index (κ2) is 7.66. The number of likely N-dealkylation sites (tertiary alicyclic amines) is 1. The van der Waals surface area contributed by atoms with Crippen LogP contribution in [0.25, 0.3) is 0 Å². The summed E-state index contributed by atoms with van der Waals surface area (Å²) in [7, 11) is 0. The van der Waals surface area contributed by atoms with E-state index in [1.54, 1.807) is 0 Å². The minimum absolute atomic E-state index is 0.606. The van der Waals surface area contributed by atoms with Crippen LogP contribution in [0.3, 0.4) is 0 Å². The topological polar surface area (TPSA) is 15.3 Å². The average molecular weight is 260 g/mol. The molecular weight excluding hydrogens is 232 g/mol. The molecule has 1 aliphatic rings. The highest BCUT2D eigenvalue weighted by molar-refractivity contribution is 5.18. The molecule has 19 heavy (non-hydrogen) atoms. The maximum absolute atomic E-state index is 3.66. The molecule has 1 aromatic rings. The smallest absolute Gasteiger partial charge is 0.00223 e. The molecule has 0 aromatic heterocycles. The standard InChI is InChI=1S/C17H28N2/c1-3-10-19-11-9-16(14-19)13-18-12-15(2)17-7-5-4-6-8-17/h4-8,15-16,18H,3,9-14H2,1-2H3. The summed E-state index contributed by atoms with van der Waals surface area (Å²) in [6, 6.07) is 10.8. The third-order valence-electron chi connectivity index (χ3n) is 4.16. The molecule has 0 aliphatic carbocycles. The van der Waals surface area contributed by atoms with E-state index >= 15 is 0 Å². The van der Waals surface area contributed by atoms with Crippen LogP contribution in [0, 0.1) is 5.92 Å². The van der Waals surface area contributed by atoms with Crippen LogP contribution in [0.1, 0.15) is 38.2 Å². The van der Waals surface area contributed by atoms with Crippen LogP contribution >= 0.6 is 0 Å². The fourth-order valence-corrected chi connectivity index (χ4v) is 3.00. The van der Waals surface area contributed by atoms with Crippen molar-refractivity contribution in [2.45, 2.75) is 32.6 Å². The fraction of sp³-hybridized carbons (Fsp3) is 0.647. The lowest BCUT2D eigenvalue weighted by Crippen LogP contribution is -2.29. The summed E-state index contributed by atoms with van der Waals surface area (Å²) < 4.78 is 0. The Balaban J connectivity index is 1.64. The molecule has 0 radical (unpaired) electrons. The zero-order valence-corrected chi connectivity index (χ0v) is 12.4. The highest BCUT2D eigenvalue weighted by Gasteiger charge is 2.21. The molecule has 0 spiro atoms. The Hall–Kier alpha value is -0.860.